The molecule has 2 unspecified atom stereocenters. The molecule has 5 nitrogen and oxygen atoms in total. The highest BCUT2D eigenvalue weighted by Crippen LogP contribution is 2.33. The molecular weight excluding hydrogens is 290 g/mol. The third kappa shape index (κ3) is 3.83. The molecule has 116 valence electrons. The van der Waals surface area contributed by atoms with Gasteiger partial charge in [0, 0.05) is 17.9 Å². The average molecular weight is 311 g/mol. The number of aliphatic hydroxyl groups is 1. The summed E-state index contributed by atoms with van der Waals surface area (Å²) in [7, 11) is 0. The SMILES string of the molecule is CCC1CCc2sc(C(=O)NC(CCO)C(=O)O)cc2C1. The van der Waals surface area contributed by atoms with E-state index in [1.54, 1.807) is 0 Å². The zero-order valence-corrected chi connectivity index (χ0v) is 12.9. The minimum atomic E-state index is -1.12. The van der Waals surface area contributed by atoms with Crippen LogP contribution in [0.5, 0.6) is 0 Å². The van der Waals surface area contributed by atoms with Crippen molar-refractivity contribution < 1.29 is 19.8 Å². The smallest absolute Gasteiger partial charge is 0.326 e. The van der Waals surface area contributed by atoms with Crippen molar-refractivity contribution in [1.82, 2.24) is 5.32 Å². The van der Waals surface area contributed by atoms with Crippen LogP contribution >= 0.6 is 11.3 Å². The largest absolute Gasteiger partial charge is 0.480 e. The summed E-state index contributed by atoms with van der Waals surface area (Å²) in [6.45, 7) is 1.92. The molecule has 0 aromatic carbocycles. The number of carboxylic acid groups (broad SMARTS) is 1. The van der Waals surface area contributed by atoms with Gasteiger partial charge in [-0.25, -0.2) is 4.79 Å². The number of amides is 1. The number of aryl methyl sites for hydroxylation is 1. The number of fused-ring (bicyclic) bond motifs is 1. The van der Waals surface area contributed by atoms with Crippen LogP contribution in [0.4, 0.5) is 0 Å². The maximum atomic E-state index is 12.2. The molecule has 1 aliphatic carbocycles. The summed E-state index contributed by atoms with van der Waals surface area (Å²) in [5.41, 5.74) is 1.23. The third-order valence-electron chi connectivity index (χ3n) is 4.01. The van der Waals surface area contributed by atoms with Crippen LogP contribution in [-0.2, 0) is 17.6 Å². The maximum absolute atomic E-state index is 12.2. The molecule has 1 amide bonds. The van der Waals surface area contributed by atoms with Crippen LogP contribution in [0.15, 0.2) is 6.07 Å². The van der Waals surface area contributed by atoms with Gasteiger partial charge in [0.1, 0.15) is 6.04 Å². The van der Waals surface area contributed by atoms with E-state index in [0.29, 0.717) is 10.8 Å². The average Bonchev–Trinajstić information content (AvgIpc) is 2.89. The Labute approximate surface area is 128 Å². The van der Waals surface area contributed by atoms with Crippen molar-refractivity contribution in [3.8, 4) is 0 Å². The molecule has 3 N–H and O–H groups in total. The van der Waals surface area contributed by atoms with E-state index < -0.39 is 12.0 Å². The Hall–Kier alpha value is -1.40. The Morgan fingerprint density at radius 1 is 1.52 bits per heavy atom. The lowest BCUT2D eigenvalue weighted by atomic mass is 9.87. The van der Waals surface area contributed by atoms with Gasteiger partial charge in [0.2, 0.25) is 0 Å². The summed E-state index contributed by atoms with van der Waals surface area (Å²) in [5, 5.41) is 20.3. The highest BCUT2D eigenvalue weighted by atomic mass is 32.1. The number of thiophene rings is 1. The van der Waals surface area contributed by atoms with Crippen molar-refractivity contribution in [2.24, 2.45) is 5.92 Å². The van der Waals surface area contributed by atoms with Crippen LogP contribution in [0.3, 0.4) is 0 Å². The monoisotopic (exact) mass is 311 g/mol. The van der Waals surface area contributed by atoms with E-state index in [9.17, 15) is 9.59 Å². The number of carboxylic acids is 1. The first-order valence-corrected chi connectivity index (χ1v) is 8.12. The van der Waals surface area contributed by atoms with E-state index in [-0.39, 0.29) is 18.9 Å². The first-order chi connectivity index (χ1) is 10.0. The number of nitrogens with one attached hydrogen (secondary N) is 1. The topological polar surface area (TPSA) is 86.6 Å². The van der Waals surface area contributed by atoms with Crippen LogP contribution in [0.2, 0.25) is 0 Å². The Morgan fingerprint density at radius 2 is 2.29 bits per heavy atom. The van der Waals surface area contributed by atoms with E-state index in [2.05, 4.69) is 12.2 Å². The second kappa shape index (κ2) is 7.04. The highest BCUT2D eigenvalue weighted by molar-refractivity contribution is 7.14. The molecule has 1 aromatic rings. The first-order valence-electron chi connectivity index (χ1n) is 7.31. The van der Waals surface area contributed by atoms with Gasteiger partial charge in [-0.2, -0.15) is 0 Å². The lowest BCUT2D eigenvalue weighted by Crippen LogP contribution is -2.41. The van der Waals surface area contributed by atoms with Crippen molar-refractivity contribution in [3.63, 3.8) is 0 Å². The minimum absolute atomic E-state index is 0.0179. The zero-order valence-electron chi connectivity index (χ0n) is 12.1. The van der Waals surface area contributed by atoms with Crippen LogP contribution in [0.1, 0.15) is 46.3 Å². The molecule has 1 aliphatic rings. The van der Waals surface area contributed by atoms with Gasteiger partial charge < -0.3 is 15.5 Å². The molecule has 0 aliphatic heterocycles. The third-order valence-corrected chi connectivity index (χ3v) is 5.24. The molecule has 0 radical (unpaired) electrons. The quantitative estimate of drug-likeness (QED) is 0.748. The molecule has 1 heterocycles. The minimum Gasteiger partial charge on any atom is -0.480 e. The van der Waals surface area contributed by atoms with E-state index >= 15 is 0 Å². The van der Waals surface area contributed by atoms with Gasteiger partial charge in [0.05, 0.1) is 4.88 Å². The van der Waals surface area contributed by atoms with Crippen LogP contribution in [-0.4, -0.2) is 34.7 Å². The highest BCUT2D eigenvalue weighted by Gasteiger charge is 2.24. The second-order valence-electron chi connectivity index (χ2n) is 5.45. The van der Waals surface area contributed by atoms with E-state index in [0.717, 1.165) is 25.7 Å². The van der Waals surface area contributed by atoms with Gasteiger partial charge in [-0.3, -0.25) is 4.79 Å². The Kier molecular flexibility index (Phi) is 5.36. The van der Waals surface area contributed by atoms with Gasteiger partial charge >= 0.3 is 5.97 Å². The molecule has 2 atom stereocenters. The van der Waals surface area contributed by atoms with E-state index in [1.807, 2.05) is 6.07 Å². The predicted octanol–water partition coefficient (Wildman–Crippen LogP) is 1.83. The summed E-state index contributed by atoms with van der Waals surface area (Å²) in [5.74, 6) is -0.794. The number of hydrogen-bond acceptors (Lipinski definition) is 4. The summed E-state index contributed by atoms with van der Waals surface area (Å²) >= 11 is 1.46. The summed E-state index contributed by atoms with van der Waals surface area (Å²) < 4.78 is 0. The van der Waals surface area contributed by atoms with E-state index in [4.69, 9.17) is 10.2 Å². The molecule has 1 aromatic heterocycles. The van der Waals surface area contributed by atoms with Gasteiger partial charge in [-0.05, 0) is 36.8 Å². The summed E-state index contributed by atoms with van der Waals surface area (Å²) in [4.78, 5) is 25.0. The van der Waals surface area contributed by atoms with Gasteiger partial charge in [0.25, 0.3) is 5.91 Å². The molecule has 0 saturated heterocycles. The Morgan fingerprint density at radius 3 is 2.90 bits per heavy atom. The molecule has 6 heteroatoms. The molecule has 0 bridgehead atoms. The van der Waals surface area contributed by atoms with Gasteiger partial charge in [0.15, 0.2) is 0 Å². The molecular formula is C15H21NO4S. The number of rotatable bonds is 6. The van der Waals surface area contributed by atoms with Crippen LogP contribution in [0, 0.1) is 5.92 Å². The van der Waals surface area contributed by atoms with Crippen molar-refractivity contribution in [2.45, 2.75) is 45.1 Å². The summed E-state index contributed by atoms with van der Waals surface area (Å²) in [6, 6.07) is 0.861. The number of hydrogen-bond donors (Lipinski definition) is 3. The van der Waals surface area contributed by atoms with Crippen LogP contribution < -0.4 is 5.32 Å². The maximum Gasteiger partial charge on any atom is 0.326 e. The number of carbonyl (C=O) groups excluding carboxylic acids is 1. The Bertz CT molecular complexity index is 526. The van der Waals surface area contributed by atoms with E-state index in [1.165, 1.54) is 21.8 Å². The van der Waals surface area contributed by atoms with Crippen LogP contribution in [0.25, 0.3) is 0 Å². The molecule has 21 heavy (non-hydrogen) atoms. The molecule has 0 fully saturated rings. The molecule has 0 saturated carbocycles. The summed E-state index contributed by atoms with van der Waals surface area (Å²) in [6.07, 6.45) is 4.34. The molecule has 0 spiro atoms. The van der Waals surface area contributed by atoms with Crippen molar-refractivity contribution in [1.29, 1.82) is 0 Å². The van der Waals surface area contributed by atoms with Crippen molar-refractivity contribution in [2.75, 3.05) is 6.61 Å². The number of aliphatic hydroxyl groups excluding tert-OH is 1. The fraction of sp³-hybridized carbons (Fsp3) is 0.600. The predicted molar refractivity (Wildman–Crippen MR) is 80.7 cm³/mol. The fourth-order valence-electron chi connectivity index (χ4n) is 2.68. The zero-order chi connectivity index (χ0) is 15.4. The standard InChI is InChI=1S/C15H21NO4S/c1-2-9-3-4-12-10(7-9)8-13(21-12)14(18)16-11(5-6-17)15(19)20/h8-9,11,17H,2-7H2,1H3,(H,16,18)(H,19,20). The van der Waals surface area contributed by atoms with Crippen molar-refractivity contribution >= 4 is 23.2 Å². The van der Waals surface area contributed by atoms with Crippen molar-refractivity contribution in [3.05, 3.63) is 21.4 Å². The van der Waals surface area contributed by atoms with Gasteiger partial charge in [-0.15, -0.1) is 11.3 Å². The number of carbonyl (C=O) groups is 2. The first kappa shape index (κ1) is 16.0. The Balaban J connectivity index is 2.07. The lowest BCUT2D eigenvalue weighted by Gasteiger charge is -2.19. The fourth-order valence-corrected chi connectivity index (χ4v) is 3.79. The second-order valence-corrected chi connectivity index (χ2v) is 6.59. The normalized spacial score (nSPS) is 18.9. The number of aliphatic carboxylic acids is 1. The molecule has 2 rings (SSSR count). The lowest BCUT2D eigenvalue weighted by molar-refractivity contribution is -0.139. The van der Waals surface area contributed by atoms with Gasteiger partial charge in [-0.1, -0.05) is 13.3 Å².